The summed E-state index contributed by atoms with van der Waals surface area (Å²) in [6.07, 6.45) is 1.56. The molecule has 1 rings (SSSR count). The molecule has 0 aliphatic carbocycles. The Hall–Kier alpha value is -0.700. The van der Waals surface area contributed by atoms with Crippen molar-refractivity contribution in [2.75, 3.05) is 25.0 Å². The van der Waals surface area contributed by atoms with E-state index in [1.807, 2.05) is 27.7 Å². The molecule has 0 aliphatic rings. The zero-order chi connectivity index (χ0) is 16.1. The van der Waals surface area contributed by atoms with Gasteiger partial charge in [-0.2, -0.15) is 0 Å². The zero-order valence-electron chi connectivity index (χ0n) is 12.7. The molecular formula is C13H22BrN3O3S. The topological polar surface area (TPSA) is 80.3 Å². The summed E-state index contributed by atoms with van der Waals surface area (Å²) < 4.78 is 33.6. The van der Waals surface area contributed by atoms with Crippen LogP contribution in [0.25, 0.3) is 0 Å². The molecule has 0 fully saturated rings. The number of halogens is 1. The van der Waals surface area contributed by atoms with Crippen LogP contribution < -0.4 is 10.0 Å². The van der Waals surface area contributed by atoms with Crippen LogP contribution in [0.1, 0.15) is 27.7 Å². The van der Waals surface area contributed by atoms with Crippen LogP contribution in [0.3, 0.4) is 0 Å². The normalized spacial score (nSPS) is 12.4. The quantitative estimate of drug-likeness (QED) is 0.724. The maximum Gasteiger partial charge on any atom is 0.244 e. The fourth-order valence-electron chi connectivity index (χ4n) is 1.71. The van der Waals surface area contributed by atoms with Crippen molar-refractivity contribution in [1.29, 1.82) is 0 Å². The van der Waals surface area contributed by atoms with Crippen molar-refractivity contribution < 1.29 is 13.2 Å². The maximum atomic E-state index is 12.5. The van der Waals surface area contributed by atoms with Crippen LogP contribution in [-0.4, -0.2) is 38.7 Å². The molecule has 6 nitrogen and oxygen atoms in total. The molecular weight excluding hydrogens is 358 g/mol. The van der Waals surface area contributed by atoms with Gasteiger partial charge in [-0.25, -0.2) is 18.1 Å². The molecule has 0 saturated carbocycles. The van der Waals surface area contributed by atoms with Gasteiger partial charge in [0, 0.05) is 30.4 Å². The van der Waals surface area contributed by atoms with Crippen molar-refractivity contribution in [1.82, 2.24) is 9.71 Å². The van der Waals surface area contributed by atoms with Crippen LogP contribution in [-0.2, 0) is 14.8 Å². The second-order valence-electron chi connectivity index (χ2n) is 5.05. The number of nitrogens with one attached hydrogen (secondary N) is 2. The van der Waals surface area contributed by atoms with Gasteiger partial charge in [-0.15, -0.1) is 0 Å². The Morgan fingerprint density at radius 1 is 1.38 bits per heavy atom. The molecule has 1 aromatic rings. The maximum absolute atomic E-state index is 12.5. The van der Waals surface area contributed by atoms with E-state index in [2.05, 4.69) is 31.0 Å². The van der Waals surface area contributed by atoms with E-state index in [-0.39, 0.29) is 11.4 Å². The van der Waals surface area contributed by atoms with Gasteiger partial charge < -0.3 is 10.1 Å². The summed E-state index contributed by atoms with van der Waals surface area (Å²) >= 11 is 3.25. The molecule has 0 bridgehead atoms. The van der Waals surface area contributed by atoms with E-state index in [0.29, 0.717) is 23.4 Å². The molecule has 120 valence electrons. The predicted molar refractivity (Wildman–Crippen MR) is 87.0 cm³/mol. The number of rotatable bonds is 8. The molecule has 21 heavy (non-hydrogen) atoms. The summed E-state index contributed by atoms with van der Waals surface area (Å²) in [5.74, 6) is 0.336. The van der Waals surface area contributed by atoms with Gasteiger partial charge in [-0.1, -0.05) is 0 Å². The summed E-state index contributed by atoms with van der Waals surface area (Å²) in [4.78, 5) is 4.22. The van der Waals surface area contributed by atoms with Crippen molar-refractivity contribution in [2.45, 2.75) is 38.2 Å². The third kappa shape index (κ3) is 5.54. The lowest BCUT2D eigenvalue weighted by atomic mass is 10.1. The number of hydrogen-bond donors (Lipinski definition) is 2. The lowest BCUT2D eigenvalue weighted by molar-refractivity contribution is -0.00515. The third-order valence-corrected chi connectivity index (χ3v) is 4.52. The molecule has 0 atom stereocenters. The van der Waals surface area contributed by atoms with E-state index in [1.54, 1.807) is 6.20 Å². The van der Waals surface area contributed by atoms with E-state index in [1.165, 1.54) is 6.07 Å². The van der Waals surface area contributed by atoms with Crippen molar-refractivity contribution >= 4 is 31.8 Å². The SMILES string of the molecule is CCNc1ncc(Br)cc1S(=O)(=O)NCC(C)(C)OCC. The average Bonchev–Trinajstić information content (AvgIpc) is 2.39. The fourth-order valence-corrected chi connectivity index (χ4v) is 3.55. The van der Waals surface area contributed by atoms with Gasteiger partial charge >= 0.3 is 0 Å². The molecule has 0 saturated heterocycles. The minimum absolute atomic E-state index is 0.117. The summed E-state index contributed by atoms with van der Waals surface area (Å²) in [6, 6.07) is 1.53. The number of hydrogen-bond acceptors (Lipinski definition) is 5. The van der Waals surface area contributed by atoms with Crippen LogP contribution in [0.2, 0.25) is 0 Å². The van der Waals surface area contributed by atoms with Gasteiger partial charge in [0.05, 0.1) is 5.60 Å². The second-order valence-corrected chi connectivity index (χ2v) is 7.70. The monoisotopic (exact) mass is 379 g/mol. The Morgan fingerprint density at radius 2 is 2.05 bits per heavy atom. The van der Waals surface area contributed by atoms with Crippen molar-refractivity contribution in [3.8, 4) is 0 Å². The lowest BCUT2D eigenvalue weighted by Gasteiger charge is -2.25. The van der Waals surface area contributed by atoms with E-state index in [0.717, 1.165) is 0 Å². The molecule has 0 spiro atoms. The Bertz CT molecular complexity index is 576. The minimum atomic E-state index is -3.67. The predicted octanol–water partition coefficient (Wildman–Crippen LogP) is 2.37. The van der Waals surface area contributed by atoms with Gasteiger partial charge in [0.15, 0.2) is 0 Å². The Balaban J connectivity index is 3.00. The number of sulfonamides is 1. The van der Waals surface area contributed by atoms with Crippen LogP contribution in [0.5, 0.6) is 0 Å². The molecule has 0 unspecified atom stereocenters. The van der Waals surface area contributed by atoms with Crippen molar-refractivity contribution in [3.63, 3.8) is 0 Å². The standard InChI is InChI=1S/C13H22BrN3O3S/c1-5-15-12-11(7-10(14)8-16-12)21(18,19)17-9-13(3,4)20-6-2/h7-8,17H,5-6,9H2,1-4H3,(H,15,16). The first kappa shape index (κ1) is 18.3. The number of anilines is 1. The summed E-state index contributed by atoms with van der Waals surface area (Å²) in [7, 11) is -3.67. The third-order valence-electron chi connectivity index (χ3n) is 2.68. The molecule has 0 aromatic carbocycles. The molecule has 1 aromatic heterocycles. The molecule has 8 heteroatoms. The second kappa shape index (κ2) is 7.53. The number of ether oxygens (including phenoxy) is 1. The first-order chi connectivity index (χ1) is 9.72. The number of pyridine rings is 1. The largest absolute Gasteiger partial charge is 0.375 e. The molecule has 0 amide bonds. The highest BCUT2D eigenvalue weighted by molar-refractivity contribution is 9.10. The van der Waals surface area contributed by atoms with Crippen LogP contribution >= 0.6 is 15.9 Å². The van der Waals surface area contributed by atoms with E-state index >= 15 is 0 Å². The Labute approximate surface area is 134 Å². The Morgan fingerprint density at radius 3 is 2.62 bits per heavy atom. The van der Waals surface area contributed by atoms with E-state index < -0.39 is 15.6 Å². The highest BCUT2D eigenvalue weighted by Gasteiger charge is 2.25. The fraction of sp³-hybridized carbons (Fsp3) is 0.615. The first-order valence-electron chi connectivity index (χ1n) is 6.75. The number of aromatic nitrogens is 1. The Kier molecular flexibility index (Phi) is 6.58. The van der Waals surface area contributed by atoms with Gasteiger partial charge in [0.2, 0.25) is 10.0 Å². The van der Waals surface area contributed by atoms with Crippen LogP contribution in [0, 0.1) is 0 Å². The summed E-state index contributed by atoms with van der Waals surface area (Å²) in [5, 5.41) is 2.95. The highest BCUT2D eigenvalue weighted by Crippen LogP contribution is 2.23. The van der Waals surface area contributed by atoms with Crippen LogP contribution in [0.15, 0.2) is 21.6 Å². The highest BCUT2D eigenvalue weighted by atomic mass is 79.9. The molecule has 0 aliphatic heterocycles. The van der Waals surface area contributed by atoms with Gasteiger partial charge in [-0.3, -0.25) is 0 Å². The van der Waals surface area contributed by atoms with Crippen LogP contribution in [0.4, 0.5) is 5.82 Å². The van der Waals surface area contributed by atoms with E-state index in [9.17, 15) is 8.42 Å². The van der Waals surface area contributed by atoms with Gasteiger partial charge in [-0.05, 0) is 49.7 Å². The summed E-state index contributed by atoms with van der Waals surface area (Å²) in [5.41, 5.74) is -0.570. The van der Waals surface area contributed by atoms with E-state index in [4.69, 9.17) is 4.74 Å². The van der Waals surface area contributed by atoms with Crippen molar-refractivity contribution in [2.24, 2.45) is 0 Å². The van der Waals surface area contributed by atoms with Gasteiger partial charge in [0.1, 0.15) is 10.7 Å². The summed E-state index contributed by atoms with van der Waals surface area (Å²) in [6.45, 7) is 8.72. The first-order valence-corrected chi connectivity index (χ1v) is 9.02. The average molecular weight is 380 g/mol. The molecule has 0 radical (unpaired) electrons. The minimum Gasteiger partial charge on any atom is -0.375 e. The smallest absolute Gasteiger partial charge is 0.244 e. The number of nitrogens with zero attached hydrogens (tertiary/aromatic N) is 1. The molecule has 2 N–H and O–H groups in total. The lowest BCUT2D eigenvalue weighted by Crippen LogP contribution is -2.40. The zero-order valence-corrected chi connectivity index (χ0v) is 15.1. The van der Waals surface area contributed by atoms with Gasteiger partial charge in [0.25, 0.3) is 0 Å². The molecule has 1 heterocycles. The van der Waals surface area contributed by atoms with Crippen molar-refractivity contribution in [3.05, 3.63) is 16.7 Å².